The van der Waals surface area contributed by atoms with Gasteiger partial charge in [-0.15, -0.1) is 0 Å². The summed E-state index contributed by atoms with van der Waals surface area (Å²) in [5.41, 5.74) is 1.40. The van der Waals surface area contributed by atoms with Crippen molar-refractivity contribution in [1.29, 1.82) is 0 Å². The lowest BCUT2D eigenvalue weighted by Gasteiger charge is -2.10. The number of para-hydroxylation sites is 1. The first-order valence-electron chi connectivity index (χ1n) is 6.60. The zero-order chi connectivity index (χ0) is 15.2. The molecule has 0 aromatic heterocycles. The van der Waals surface area contributed by atoms with Crippen LogP contribution in [0.2, 0.25) is 0 Å². The number of carbonyl (C=O) groups is 1. The molecule has 0 atom stereocenters. The van der Waals surface area contributed by atoms with Crippen LogP contribution in [0.25, 0.3) is 0 Å². The van der Waals surface area contributed by atoms with E-state index in [1.807, 2.05) is 0 Å². The molecule has 0 spiro atoms. The van der Waals surface area contributed by atoms with Crippen LogP contribution < -0.4 is 4.74 Å². The average molecular weight is 285 g/mol. The van der Waals surface area contributed by atoms with Crippen LogP contribution in [0, 0.1) is 10.1 Å². The van der Waals surface area contributed by atoms with E-state index >= 15 is 0 Å². The number of carbonyl (C=O) groups excluding carboxylic acids is 1. The summed E-state index contributed by atoms with van der Waals surface area (Å²) >= 11 is 0. The summed E-state index contributed by atoms with van der Waals surface area (Å²) in [6.07, 6.45) is 0.415. The summed E-state index contributed by atoms with van der Waals surface area (Å²) < 4.78 is 5.66. The Morgan fingerprint density at radius 2 is 1.81 bits per heavy atom. The van der Waals surface area contributed by atoms with E-state index in [0.717, 1.165) is 5.56 Å². The van der Waals surface area contributed by atoms with Gasteiger partial charge in [-0.1, -0.05) is 19.1 Å². The molecule has 0 aliphatic carbocycles. The van der Waals surface area contributed by atoms with Crippen molar-refractivity contribution in [2.45, 2.75) is 20.0 Å². The van der Waals surface area contributed by atoms with Crippen molar-refractivity contribution < 1.29 is 14.5 Å². The Bertz CT molecular complexity index is 650. The van der Waals surface area contributed by atoms with Crippen molar-refractivity contribution in [3.63, 3.8) is 0 Å². The standard InChI is InChI=1S/C16H15NO4/c1-2-15(18)14-5-3-4-6-16(14)21-11-12-7-9-13(10-8-12)17(19)20/h3-10H,2,11H2,1H3. The molecule has 2 aromatic rings. The monoisotopic (exact) mass is 285 g/mol. The third-order valence-corrected chi connectivity index (χ3v) is 3.05. The highest BCUT2D eigenvalue weighted by molar-refractivity contribution is 5.98. The van der Waals surface area contributed by atoms with Crippen molar-refractivity contribution in [2.24, 2.45) is 0 Å². The van der Waals surface area contributed by atoms with E-state index in [9.17, 15) is 14.9 Å². The van der Waals surface area contributed by atoms with Crippen LogP contribution in [0.1, 0.15) is 29.3 Å². The number of hydrogen-bond donors (Lipinski definition) is 0. The molecule has 0 heterocycles. The Morgan fingerprint density at radius 3 is 2.43 bits per heavy atom. The van der Waals surface area contributed by atoms with Gasteiger partial charge in [-0.3, -0.25) is 14.9 Å². The number of ketones is 1. The molecule has 0 aliphatic heterocycles. The Labute approximate surface area is 122 Å². The van der Waals surface area contributed by atoms with Crippen LogP contribution in [-0.4, -0.2) is 10.7 Å². The number of Topliss-reactive ketones (excluding diaryl/α,β-unsaturated/α-hetero) is 1. The van der Waals surface area contributed by atoms with Crippen LogP contribution in [0.15, 0.2) is 48.5 Å². The summed E-state index contributed by atoms with van der Waals surface area (Å²) in [6, 6.07) is 13.2. The zero-order valence-corrected chi connectivity index (χ0v) is 11.6. The second kappa shape index (κ2) is 6.65. The van der Waals surface area contributed by atoms with Crippen molar-refractivity contribution >= 4 is 11.5 Å². The van der Waals surface area contributed by atoms with Crippen LogP contribution in [0.3, 0.4) is 0 Å². The Balaban J connectivity index is 2.09. The highest BCUT2D eigenvalue weighted by Crippen LogP contribution is 2.21. The predicted octanol–water partition coefficient (Wildman–Crippen LogP) is 3.77. The van der Waals surface area contributed by atoms with Gasteiger partial charge in [0.15, 0.2) is 5.78 Å². The SMILES string of the molecule is CCC(=O)c1ccccc1OCc1ccc([N+](=O)[O-])cc1. The fraction of sp³-hybridized carbons (Fsp3) is 0.188. The molecular formula is C16H15NO4. The van der Waals surface area contributed by atoms with Gasteiger partial charge in [0.2, 0.25) is 0 Å². The van der Waals surface area contributed by atoms with Gasteiger partial charge in [0, 0.05) is 18.6 Å². The lowest BCUT2D eigenvalue weighted by atomic mass is 10.1. The summed E-state index contributed by atoms with van der Waals surface area (Å²) in [7, 11) is 0. The largest absolute Gasteiger partial charge is 0.488 e. The molecule has 0 aliphatic rings. The van der Waals surface area contributed by atoms with Crippen LogP contribution in [-0.2, 0) is 6.61 Å². The first kappa shape index (κ1) is 14.7. The van der Waals surface area contributed by atoms with E-state index in [-0.39, 0.29) is 18.1 Å². The van der Waals surface area contributed by atoms with Crippen molar-refractivity contribution in [1.82, 2.24) is 0 Å². The second-order valence-corrected chi connectivity index (χ2v) is 4.49. The van der Waals surface area contributed by atoms with E-state index in [1.54, 1.807) is 43.3 Å². The third-order valence-electron chi connectivity index (χ3n) is 3.05. The number of nitro benzene ring substituents is 1. The number of rotatable bonds is 6. The molecule has 0 fully saturated rings. The summed E-state index contributed by atoms with van der Waals surface area (Å²) in [6.45, 7) is 2.06. The van der Waals surface area contributed by atoms with Crippen LogP contribution >= 0.6 is 0 Å². The summed E-state index contributed by atoms with van der Waals surface area (Å²) in [5, 5.41) is 10.6. The number of nitrogens with zero attached hydrogens (tertiary/aromatic N) is 1. The molecule has 0 saturated heterocycles. The number of benzene rings is 2. The van der Waals surface area contributed by atoms with E-state index in [0.29, 0.717) is 17.7 Å². The Morgan fingerprint density at radius 1 is 1.14 bits per heavy atom. The maximum absolute atomic E-state index is 11.8. The third kappa shape index (κ3) is 3.66. The maximum Gasteiger partial charge on any atom is 0.269 e. The van der Waals surface area contributed by atoms with E-state index in [2.05, 4.69) is 0 Å². The maximum atomic E-state index is 11.8. The molecule has 2 rings (SSSR count). The van der Waals surface area contributed by atoms with Crippen LogP contribution in [0.5, 0.6) is 5.75 Å². The molecule has 5 heteroatoms. The molecule has 21 heavy (non-hydrogen) atoms. The molecule has 0 unspecified atom stereocenters. The molecular weight excluding hydrogens is 270 g/mol. The van der Waals surface area contributed by atoms with Crippen molar-refractivity contribution in [3.8, 4) is 5.75 Å². The van der Waals surface area contributed by atoms with E-state index in [1.165, 1.54) is 12.1 Å². The molecule has 0 amide bonds. The van der Waals surface area contributed by atoms with Gasteiger partial charge in [0.05, 0.1) is 10.5 Å². The lowest BCUT2D eigenvalue weighted by molar-refractivity contribution is -0.384. The quantitative estimate of drug-likeness (QED) is 0.460. The van der Waals surface area contributed by atoms with Crippen molar-refractivity contribution in [2.75, 3.05) is 0 Å². The topological polar surface area (TPSA) is 69.4 Å². The second-order valence-electron chi connectivity index (χ2n) is 4.49. The molecule has 0 bridgehead atoms. The van der Waals surface area contributed by atoms with Crippen molar-refractivity contribution in [3.05, 3.63) is 69.8 Å². The molecule has 0 saturated carbocycles. The van der Waals surface area contributed by atoms with Gasteiger partial charge in [-0.25, -0.2) is 0 Å². The molecule has 2 aromatic carbocycles. The first-order valence-corrected chi connectivity index (χ1v) is 6.60. The lowest BCUT2D eigenvalue weighted by Crippen LogP contribution is -2.03. The molecule has 5 nitrogen and oxygen atoms in total. The first-order chi connectivity index (χ1) is 10.1. The molecule has 0 radical (unpaired) electrons. The van der Waals surface area contributed by atoms with Gasteiger partial charge in [-0.05, 0) is 29.8 Å². The summed E-state index contributed by atoms with van der Waals surface area (Å²) in [4.78, 5) is 21.9. The highest BCUT2D eigenvalue weighted by Gasteiger charge is 2.10. The Hall–Kier alpha value is -2.69. The molecule has 0 N–H and O–H groups in total. The average Bonchev–Trinajstić information content (AvgIpc) is 2.52. The van der Waals surface area contributed by atoms with Gasteiger partial charge in [0.1, 0.15) is 12.4 Å². The van der Waals surface area contributed by atoms with Crippen LogP contribution in [0.4, 0.5) is 5.69 Å². The predicted molar refractivity (Wildman–Crippen MR) is 78.5 cm³/mol. The highest BCUT2D eigenvalue weighted by atomic mass is 16.6. The summed E-state index contributed by atoms with van der Waals surface area (Å²) in [5.74, 6) is 0.553. The number of hydrogen-bond acceptors (Lipinski definition) is 4. The number of nitro groups is 1. The zero-order valence-electron chi connectivity index (χ0n) is 11.6. The van der Waals surface area contributed by atoms with Gasteiger partial charge in [0.25, 0.3) is 5.69 Å². The number of non-ortho nitro benzene ring substituents is 1. The minimum atomic E-state index is -0.445. The Kier molecular flexibility index (Phi) is 4.66. The minimum absolute atomic E-state index is 0.0225. The smallest absolute Gasteiger partial charge is 0.269 e. The molecule has 108 valence electrons. The minimum Gasteiger partial charge on any atom is -0.488 e. The fourth-order valence-electron chi connectivity index (χ4n) is 1.89. The van der Waals surface area contributed by atoms with E-state index in [4.69, 9.17) is 4.74 Å². The van der Waals surface area contributed by atoms with Gasteiger partial charge in [-0.2, -0.15) is 0 Å². The normalized spacial score (nSPS) is 10.1. The van der Waals surface area contributed by atoms with Gasteiger partial charge < -0.3 is 4.74 Å². The fourth-order valence-corrected chi connectivity index (χ4v) is 1.89. The van der Waals surface area contributed by atoms with E-state index < -0.39 is 4.92 Å². The number of ether oxygens (including phenoxy) is 1. The van der Waals surface area contributed by atoms with Gasteiger partial charge >= 0.3 is 0 Å².